The van der Waals surface area contributed by atoms with Gasteiger partial charge in [0.25, 0.3) is 11.5 Å². The summed E-state index contributed by atoms with van der Waals surface area (Å²) < 4.78 is 10.8. The molecule has 0 unspecified atom stereocenters. The van der Waals surface area contributed by atoms with Crippen LogP contribution in [0.3, 0.4) is 0 Å². The summed E-state index contributed by atoms with van der Waals surface area (Å²) in [5.41, 5.74) is 2.76. The fourth-order valence-corrected chi connectivity index (χ4v) is 3.82. The second kappa shape index (κ2) is 7.07. The zero-order valence-electron chi connectivity index (χ0n) is 14.8. The van der Waals surface area contributed by atoms with Gasteiger partial charge in [0, 0.05) is 24.1 Å². The first-order valence-electron chi connectivity index (χ1n) is 9.16. The highest BCUT2D eigenvalue weighted by molar-refractivity contribution is 5.94. The van der Waals surface area contributed by atoms with Gasteiger partial charge in [0.05, 0.1) is 24.9 Å². The molecule has 138 valence electrons. The summed E-state index contributed by atoms with van der Waals surface area (Å²) in [6.45, 7) is 2.86. The largest absolute Gasteiger partial charge is 0.379 e. The van der Waals surface area contributed by atoms with Crippen LogP contribution in [-0.4, -0.2) is 35.3 Å². The van der Waals surface area contributed by atoms with Crippen LogP contribution >= 0.6 is 0 Å². The first kappa shape index (κ1) is 17.0. The Morgan fingerprint density at radius 2 is 2.15 bits per heavy atom. The van der Waals surface area contributed by atoms with E-state index in [9.17, 15) is 9.59 Å². The molecule has 2 aromatic heterocycles. The molecule has 2 atom stereocenters. The normalized spacial score (nSPS) is 22.2. The van der Waals surface area contributed by atoms with Crippen LogP contribution < -0.4 is 10.9 Å². The highest BCUT2D eigenvalue weighted by Gasteiger charge is 2.31. The van der Waals surface area contributed by atoms with E-state index in [0.29, 0.717) is 19.6 Å². The number of nitrogens with one attached hydrogen (secondary N) is 2. The van der Waals surface area contributed by atoms with E-state index in [1.54, 1.807) is 6.07 Å². The summed E-state index contributed by atoms with van der Waals surface area (Å²) in [6.07, 6.45) is 4.60. The minimum Gasteiger partial charge on any atom is -0.379 e. The van der Waals surface area contributed by atoms with Gasteiger partial charge in [-0.3, -0.25) is 9.59 Å². The number of H-pyrrole nitrogens is 1. The highest BCUT2D eigenvalue weighted by Crippen LogP contribution is 2.21. The maximum Gasteiger partial charge on any atom is 0.261 e. The standard InChI is InChI=1S/C19H23N3O4/c1-11-6-14(26-22-11)7-13-9-25-10-17(13)21-19(24)15-8-12-4-2-3-5-16(12)20-18(15)23/h6,8,13,17H,2-5,7,9-10H2,1H3,(H,20,23)(H,21,24)/t13-,17+/m1/s1. The average Bonchev–Trinajstić information content (AvgIpc) is 3.23. The summed E-state index contributed by atoms with van der Waals surface area (Å²) in [7, 11) is 0. The van der Waals surface area contributed by atoms with Crippen molar-refractivity contribution in [3.63, 3.8) is 0 Å². The number of aryl methyl sites for hydroxylation is 3. The number of nitrogens with zero attached hydrogens (tertiary/aromatic N) is 1. The van der Waals surface area contributed by atoms with Crippen LogP contribution in [0.5, 0.6) is 0 Å². The molecule has 0 radical (unpaired) electrons. The number of fused-ring (bicyclic) bond motifs is 1. The molecule has 7 nitrogen and oxygen atoms in total. The van der Waals surface area contributed by atoms with Gasteiger partial charge in [0.2, 0.25) is 0 Å². The number of ether oxygens (including phenoxy) is 1. The Morgan fingerprint density at radius 3 is 2.96 bits per heavy atom. The number of carbonyl (C=O) groups excluding carboxylic acids is 1. The number of rotatable bonds is 4. The first-order chi connectivity index (χ1) is 12.6. The third-order valence-corrected chi connectivity index (χ3v) is 5.24. The topological polar surface area (TPSA) is 97.2 Å². The lowest BCUT2D eigenvalue weighted by molar-refractivity contribution is 0.0923. The van der Waals surface area contributed by atoms with E-state index in [4.69, 9.17) is 9.26 Å². The van der Waals surface area contributed by atoms with Gasteiger partial charge in [-0.25, -0.2) is 0 Å². The number of aromatic nitrogens is 2. The zero-order chi connectivity index (χ0) is 18.1. The maximum atomic E-state index is 12.7. The van der Waals surface area contributed by atoms with E-state index in [1.807, 2.05) is 13.0 Å². The quantitative estimate of drug-likeness (QED) is 0.865. The van der Waals surface area contributed by atoms with Gasteiger partial charge in [0.15, 0.2) is 0 Å². The van der Waals surface area contributed by atoms with Gasteiger partial charge < -0.3 is 19.6 Å². The number of amides is 1. The van der Waals surface area contributed by atoms with Gasteiger partial charge in [-0.05, 0) is 44.2 Å². The molecule has 0 aromatic carbocycles. The third-order valence-electron chi connectivity index (χ3n) is 5.24. The molecular weight excluding hydrogens is 334 g/mol. The number of hydrogen-bond donors (Lipinski definition) is 2. The predicted octanol–water partition coefficient (Wildman–Crippen LogP) is 1.54. The smallest absolute Gasteiger partial charge is 0.261 e. The SMILES string of the molecule is Cc1cc(C[C@@H]2COC[C@@H]2NC(=O)c2cc3c([nH]c2=O)CCCC3)on1. The molecule has 7 heteroatoms. The number of aromatic amines is 1. The first-order valence-corrected chi connectivity index (χ1v) is 9.16. The fraction of sp³-hybridized carbons (Fsp3) is 0.526. The van der Waals surface area contributed by atoms with Crippen molar-refractivity contribution in [3.05, 3.63) is 50.8 Å². The average molecular weight is 357 g/mol. The monoisotopic (exact) mass is 357 g/mol. The lowest BCUT2D eigenvalue weighted by atomic mass is 9.94. The number of carbonyl (C=O) groups is 1. The molecule has 1 aliphatic carbocycles. The van der Waals surface area contributed by atoms with Crippen LogP contribution in [0.1, 0.15) is 45.9 Å². The van der Waals surface area contributed by atoms with Crippen LogP contribution in [0, 0.1) is 12.8 Å². The molecule has 1 aliphatic heterocycles. The minimum atomic E-state index is -0.339. The molecule has 2 aromatic rings. The van der Waals surface area contributed by atoms with Gasteiger partial charge >= 0.3 is 0 Å². The summed E-state index contributed by atoms with van der Waals surface area (Å²) in [6, 6.07) is 3.50. The van der Waals surface area contributed by atoms with Crippen molar-refractivity contribution >= 4 is 5.91 Å². The predicted molar refractivity (Wildman–Crippen MR) is 94.2 cm³/mol. The van der Waals surface area contributed by atoms with E-state index in [0.717, 1.165) is 48.4 Å². The van der Waals surface area contributed by atoms with Gasteiger partial charge in [-0.2, -0.15) is 0 Å². The van der Waals surface area contributed by atoms with E-state index in [2.05, 4.69) is 15.5 Å². The number of hydrogen-bond acceptors (Lipinski definition) is 5. The second-order valence-corrected chi connectivity index (χ2v) is 7.24. The van der Waals surface area contributed by atoms with Crippen LogP contribution in [0.2, 0.25) is 0 Å². The summed E-state index contributed by atoms with van der Waals surface area (Å²) in [5, 5.41) is 6.87. The Labute approximate surface area is 151 Å². The molecule has 0 saturated carbocycles. The Bertz CT molecular complexity index is 870. The molecule has 0 bridgehead atoms. The molecule has 3 heterocycles. The summed E-state index contributed by atoms with van der Waals surface area (Å²) in [4.78, 5) is 27.9. The molecular formula is C19H23N3O4. The van der Waals surface area contributed by atoms with Crippen LogP contribution in [0.4, 0.5) is 0 Å². The number of pyridine rings is 1. The molecule has 1 amide bonds. The van der Waals surface area contributed by atoms with Crippen LogP contribution in [-0.2, 0) is 24.0 Å². The van der Waals surface area contributed by atoms with Gasteiger partial charge in [-0.1, -0.05) is 5.16 Å². The van der Waals surface area contributed by atoms with E-state index in [1.165, 1.54) is 0 Å². The fourth-order valence-electron chi connectivity index (χ4n) is 3.82. The maximum absolute atomic E-state index is 12.7. The Kier molecular flexibility index (Phi) is 4.63. The Hall–Kier alpha value is -2.41. The molecule has 2 aliphatic rings. The molecule has 2 N–H and O–H groups in total. The Balaban J connectivity index is 1.48. The van der Waals surface area contributed by atoms with Crippen molar-refractivity contribution in [2.24, 2.45) is 5.92 Å². The Morgan fingerprint density at radius 1 is 1.31 bits per heavy atom. The van der Waals surface area contributed by atoms with Crippen molar-refractivity contribution in [2.75, 3.05) is 13.2 Å². The van der Waals surface area contributed by atoms with Crippen molar-refractivity contribution in [3.8, 4) is 0 Å². The van der Waals surface area contributed by atoms with E-state index in [-0.39, 0.29) is 29.0 Å². The minimum absolute atomic E-state index is 0.100. The van der Waals surface area contributed by atoms with E-state index < -0.39 is 0 Å². The van der Waals surface area contributed by atoms with Crippen molar-refractivity contribution < 1.29 is 14.1 Å². The lowest BCUT2D eigenvalue weighted by Gasteiger charge is -2.19. The molecule has 0 spiro atoms. The van der Waals surface area contributed by atoms with Crippen LogP contribution in [0.25, 0.3) is 0 Å². The van der Waals surface area contributed by atoms with Crippen LogP contribution in [0.15, 0.2) is 21.5 Å². The zero-order valence-corrected chi connectivity index (χ0v) is 14.8. The molecule has 1 fully saturated rings. The van der Waals surface area contributed by atoms with Gasteiger partial charge in [0.1, 0.15) is 11.3 Å². The van der Waals surface area contributed by atoms with Crippen molar-refractivity contribution in [1.82, 2.24) is 15.5 Å². The van der Waals surface area contributed by atoms with E-state index >= 15 is 0 Å². The summed E-state index contributed by atoms with van der Waals surface area (Å²) >= 11 is 0. The third kappa shape index (κ3) is 3.44. The lowest BCUT2D eigenvalue weighted by Crippen LogP contribution is -2.42. The summed E-state index contributed by atoms with van der Waals surface area (Å²) in [5.74, 6) is 0.542. The van der Waals surface area contributed by atoms with Gasteiger partial charge in [-0.15, -0.1) is 0 Å². The van der Waals surface area contributed by atoms with Crippen molar-refractivity contribution in [1.29, 1.82) is 0 Å². The highest BCUT2D eigenvalue weighted by atomic mass is 16.5. The second-order valence-electron chi connectivity index (χ2n) is 7.24. The molecule has 4 rings (SSSR count). The molecule has 26 heavy (non-hydrogen) atoms. The van der Waals surface area contributed by atoms with Crippen molar-refractivity contribution in [2.45, 2.75) is 45.1 Å². The molecule has 1 saturated heterocycles.